The van der Waals surface area contributed by atoms with Crippen LogP contribution in [0, 0.1) is 17.2 Å². The highest BCUT2D eigenvalue weighted by atomic mass is 79.9. The van der Waals surface area contributed by atoms with Crippen LogP contribution < -0.4 is 5.32 Å². The van der Waals surface area contributed by atoms with E-state index in [1.165, 1.54) is 6.42 Å². The number of nitrogens with zero attached hydrogens (tertiary/aromatic N) is 1. The zero-order chi connectivity index (χ0) is 11.7. The first kappa shape index (κ1) is 12.0. The van der Waals surface area contributed by atoms with Crippen molar-refractivity contribution in [2.24, 2.45) is 5.92 Å². The SMILES string of the molecule is C[C@H](Br)C(=O)NC1=C(C#N)[C@@H]2CCC[C@@H]2S1. The van der Waals surface area contributed by atoms with E-state index in [2.05, 4.69) is 27.3 Å². The number of hydrogen-bond donors (Lipinski definition) is 1. The van der Waals surface area contributed by atoms with E-state index in [1.54, 1.807) is 18.7 Å². The Morgan fingerprint density at radius 2 is 2.44 bits per heavy atom. The van der Waals surface area contributed by atoms with Crippen LogP contribution in [-0.2, 0) is 4.79 Å². The predicted octanol–water partition coefficient (Wildman–Crippen LogP) is 2.54. The van der Waals surface area contributed by atoms with E-state index < -0.39 is 0 Å². The van der Waals surface area contributed by atoms with Gasteiger partial charge < -0.3 is 5.32 Å². The first-order valence-corrected chi connectivity index (χ1v) is 7.19. The summed E-state index contributed by atoms with van der Waals surface area (Å²) in [6.07, 6.45) is 3.44. The number of halogens is 1. The van der Waals surface area contributed by atoms with Crippen molar-refractivity contribution < 1.29 is 4.79 Å². The zero-order valence-corrected chi connectivity index (χ0v) is 11.4. The molecule has 0 aromatic carbocycles. The lowest BCUT2D eigenvalue weighted by molar-refractivity contribution is -0.119. The molecule has 0 saturated heterocycles. The van der Waals surface area contributed by atoms with Gasteiger partial charge in [0.1, 0.15) is 0 Å². The van der Waals surface area contributed by atoms with E-state index in [-0.39, 0.29) is 10.7 Å². The Bertz CT molecular complexity index is 386. The summed E-state index contributed by atoms with van der Waals surface area (Å²) in [6, 6.07) is 2.26. The molecule has 16 heavy (non-hydrogen) atoms. The fourth-order valence-corrected chi connectivity index (χ4v) is 3.84. The van der Waals surface area contributed by atoms with Crippen molar-refractivity contribution in [3.05, 3.63) is 10.6 Å². The molecule has 1 N–H and O–H groups in total. The fourth-order valence-electron chi connectivity index (χ4n) is 2.22. The molecule has 0 radical (unpaired) electrons. The number of thioether (sulfide) groups is 1. The lowest BCUT2D eigenvalue weighted by atomic mass is 9.99. The first-order chi connectivity index (χ1) is 7.63. The predicted molar refractivity (Wildman–Crippen MR) is 67.9 cm³/mol. The standard InChI is InChI=1S/C11H13BrN2OS/c1-6(12)10(15)14-11-8(5-13)7-3-2-4-9(7)16-11/h6-7,9H,2-4H2,1H3,(H,14,15)/t6-,7-,9-/m0/s1. The molecular formula is C11H13BrN2OS. The molecule has 1 amide bonds. The highest BCUT2D eigenvalue weighted by molar-refractivity contribution is 9.10. The summed E-state index contributed by atoms with van der Waals surface area (Å²) >= 11 is 4.89. The van der Waals surface area contributed by atoms with Gasteiger partial charge in [0.25, 0.3) is 0 Å². The maximum absolute atomic E-state index is 11.6. The number of amides is 1. The van der Waals surface area contributed by atoms with Crippen LogP contribution in [0.1, 0.15) is 26.2 Å². The second-order valence-corrected chi connectivity index (χ2v) is 6.78. The largest absolute Gasteiger partial charge is 0.319 e. The van der Waals surface area contributed by atoms with E-state index in [9.17, 15) is 4.79 Å². The second kappa shape index (κ2) is 4.80. The lowest BCUT2D eigenvalue weighted by Gasteiger charge is -2.08. The number of fused-ring (bicyclic) bond motifs is 1. The van der Waals surface area contributed by atoms with E-state index in [0.717, 1.165) is 23.4 Å². The second-order valence-electron chi connectivity index (χ2n) is 4.15. The summed E-state index contributed by atoms with van der Waals surface area (Å²) in [5.41, 5.74) is 0.786. The number of carbonyl (C=O) groups excluding carboxylic acids is 1. The molecule has 2 rings (SSSR count). The van der Waals surface area contributed by atoms with Gasteiger partial charge in [-0.15, -0.1) is 11.8 Å². The van der Waals surface area contributed by atoms with Crippen LogP contribution in [0.4, 0.5) is 0 Å². The van der Waals surface area contributed by atoms with Gasteiger partial charge in [0.2, 0.25) is 5.91 Å². The van der Waals surface area contributed by atoms with Gasteiger partial charge in [0.15, 0.2) is 0 Å². The molecule has 2 aliphatic rings. The number of carbonyl (C=O) groups is 1. The van der Waals surface area contributed by atoms with Gasteiger partial charge in [-0.05, 0) is 19.8 Å². The van der Waals surface area contributed by atoms with E-state index in [1.807, 2.05) is 0 Å². The number of nitriles is 1. The minimum Gasteiger partial charge on any atom is -0.319 e. The van der Waals surface area contributed by atoms with Gasteiger partial charge in [-0.3, -0.25) is 4.79 Å². The quantitative estimate of drug-likeness (QED) is 0.797. The van der Waals surface area contributed by atoms with Crippen molar-refractivity contribution in [1.82, 2.24) is 5.32 Å². The van der Waals surface area contributed by atoms with Crippen LogP contribution in [0.3, 0.4) is 0 Å². The molecule has 3 nitrogen and oxygen atoms in total. The smallest absolute Gasteiger partial charge is 0.238 e. The number of allylic oxidation sites excluding steroid dienone is 1. The molecule has 1 aliphatic carbocycles. The van der Waals surface area contributed by atoms with Gasteiger partial charge >= 0.3 is 0 Å². The topological polar surface area (TPSA) is 52.9 Å². The van der Waals surface area contributed by atoms with Gasteiger partial charge in [0.05, 0.1) is 21.5 Å². The number of alkyl halides is 1. The maximum Gasteiger partial charge on any atom is 0.238 e. The maximum atomic E-state index is 11.6. The average molecular weight is 301 g/mol. The van der Waals surface area contributed by atoms with Gasteiger partial charge in [-0.1, -0.05) is 22.4 Å². The van der Waals surface area contributed by atoms with Gasteiger partial charge in [-0.25, -0.2) is 0 Å². The van der Waals surface area contributed by atoms with Gasteiger partial charge in [-0.2, -0.15) is 5.26 Å². The molecule has 1 heterocycles. The summed E-state index contributed by atoms with van der Waals surface area (Å²) in [5.74, 6) is 0.297. The van der Waals surface area contributed by atoms with Crippen molar-refractivity contribution in [3.8, 4) is 6.07 Å². The van der Waals surface area contributed by atoms with Crippen LogP contribution in [0.15, 0.2) is 10.6 Å². The molecule has 0 bridgehead atoms. The van der Waals surface area contributed by atoms with E-state index in [0.29, 0.717) is 11.2 Å². The lowest BCUT2D eigenvalue weighted by Crippen LogP contribution is -2.28. The van der Waals surface area contributed by atoms with Crippen molar-refractivity contribution >= 4 is 33.6 Å². The molecule has 1 saturated carbocycles. The molecular weight excluding hydrogens is 288 g/mol. The normalized spacial score (nSPS) is 29.8. The molecule has 0 unspecified atom stereocenters. The summed E-state index contributed by atoms with van der Waals surface area (Å²) in [7, 11) is 0. The molecule has 86 valence electrons. The van der Waals surface area contributed by atoms with Crippen molar-refractivity contribution in [2.45, 2.75) is 36.3 Å². The van der Waals surface area contributed by atoms with E-state index in [4.69, 9.17) is 5.26 Å². The Labute approximate surface area is 108 Å². The molecule has 1 fully saturated rings. The third-order valence-electron chi connectivity index (χ3n) is 3.06. The third kappa shape index (κ3) is 2.14. The van der Waals surface area contributed by atoms with Crippen molar-refractivity contribution in [2.75, 3.05) is 0 Å². The average Bonchev–Trinajstić information content (AvgIpc) is 2.77. The zero-order valence-electron chi connectivity index (χ0n) is 9.00. The third-order valence-corrected chi connectivity index (χ3v) is 4.90. The Balaban J connectivity index is 2.14. The minimum atomic E-state index is -0.221. The van der Waals surface area contributed by atoms with Crippen LogP contribution in [-0.4, -0.2) is 16.0 Å². The Morgan fingerprint density at radius 1 is 1.69 bits per heavy atom. The first-order valence-electron chi connectivity index (χ1n) is 5.39. The Morgan fingerprint density at radius 3 is 3.06 bits per heavy atom. The highest BCUT2D eigenvalue weighted by Gasteiger charge is 2.39. The van der Waals surface area contributed by atoms with Crippen molar-refractivity contribution in [3.63, 3.8) is 0 Å². The number of nitrogens with one attached hydrogen (secondary N) is 1. The van der Waals surface area contributed by atoms with Crippen LogP contribution in [0.5, 0.6) is 0 Å². The summed E-state index contributed by atoms with van der Waals surface area (Å²) in [4.78, 5) is 11.3. The molecule has 5 heteroatoms. The minimum absolute atomic E-state index is 0.0739. The summed E-state index contributed by atoms with van der Waals surface area (Å²) in [6.45, 7) is 1.78. The Kier molecular flexibility index (Phi) is 3.60. The number of hydrogen-bond acceptors (Lipinski definition) is 3. The molecule has 0 spiro atoms. The monoisotopic (exact) mass is 300 g/mol. The van der Waals surface area contributed by atoms with E-state index >= 15 is 0 Å². The molecule has 1 aliphatic heterocycles. The van der Waals surface area contributed by atoms with Crippen LogP contribution in [0.25, 0.3) is 0 Å². The fraction of sp³-hybridized carbons (Fsp3) is 0.636. The van der Waals surface area contributed by atoms with Crippen LogP contribution >= 0.6 is 27.7 Å². The molecule has 0 aromatic rings. The van der Waals surface area contributed by atoms with Crippen LogP contribution in [0.2, 0.25) is 0 Å². The summed E-state index contributed by atoms with van der Waals surface area (Å²) < 4.78 is 0. The molecule has 3 atom stereocenters. The van der Waals surface area contributed by atoms with Crippen molar-refractivity contribution in [1.29, 1.82) is 5.26 Å². The molecule has 0 aromatic heterocycles. The number of rotatable bonds is 2. The summed E-state index contributed by atoms with van der Waals surface area (Å²) in [5, 5.41) is 13.3. The Hall–Kier alpha value is -0.470. The highest BCUT2D eigenvalue weighted by Crippen LogP contribution is 2.49. The van der Waals surface area contributed by atoms with Gasteiger partial charge in [0, 0.05) is 11.2 Å².